The number of likely N-dealkylation sites (N-methyl/N-ethyl adjacent to an activating group) is 1. The zero-order valence-electron chi connectivity index (χ0n) is 49.7. The van der Waals surface area contributed by atoms with E-state index in [2.05, 4.69) is 38.2 Å². The Bertz CT molecular complexity index is 1260. The summed E-state index contributed by atoms with van der Waals surface area (Å²) in [6, 6.07) is 0. The molecule has 2 atom stereocenters. The third kappa shape index (κ3) is 57.5. The van der Waals surface area contributed by atoms with Gasteiger partial charge in [-0.25, -0.2) is 0 Å². The van der Waals surface area contributed by atoms with Crippen molar-refractivity contribution in [1.82, 2.24) is 0 Å². The van der Waals surface area contributed by atoms with Gasteiger partial charge in [-0.2, -0.15) is 0 Å². The second-order valence-corrected chi connectivity index (χ2v) is 23.1. The van der Waals surface area contributed by atoms with Gasteiger partial charge in [-0.15, -0.1) is 0 Å². The largest absolute Gasteiger partial charge is 0.545 e. The molecule has 9 heteroatoms. The summed E-state index contributed by atoms with van der Waals surface area (Å²) in [7, 11) is 5.94. The zero-order valence-corrected chi connectivity index (χ0v) is 49.7. The highest BCUT2D eigenvalue weighted by molar-refractivity contribution is 5.70. The number of carbonyl (C=O) groups excluding carboxylic acids is 3. The van der Waals surface area contributed by atoms with Crippen molar-refractivity contribution in [1.29, 1.82) is 0 Å². The fourth-order valence-corrected chi connectivity index (χ4v) is 9.51. The third-order valence-electron chi connectivity index (χ3n) is 14.5. The van der Waals surface area contributed by atoms with E-state index in [1.165, 1.54) is 244 Å². The van der Waals surface area contributed by atoms with Crippen LogP contribution in [0.25, 0.3) is 0 Å². The highest BCUT2D eigenvalue weighted by Crippen LogP contribution is 2.18. The number of rotatable bonds is 60. The first kappa shape index (κ1) is 71.8. The number of quaternary nitrogens is 1. The molecule has 0 spiro atoms. The third-order valence-corrected chi connectivity index (χ3v) is 14.5. The lowest BCUT2D eigenvalue weighted by atomic mass is 10.0. The van der Waals surface area contributed by atoms with E-state index in [1.54, 1.807) is 0 Å². The van der Waals surface area contributed by atoms with Crippen molar-refractivity contribution in [2.75, 3.05) is 47.5 Å². The Morgan fingerprint density at radius 2 is 0.730 bits per heavy atom. The van der Waals surface area contributed by atoms with Crippen LogP contribution in [0.3, 0.4) is 0 Å². The van der Waals surface area contributed by atoms with Crippen molar-refractivity contribution in [2.45, 2.75) is 328 Å². The SMILES string of the molecule is CCCCCCC/C=C\C/C=C\CCCCCCCCCCCCCCCC(=O)OC(COC(=O)CCCCCCCCCCCCCCCCCCCCCCCCCC)COC(OCC[N+](C)(C)C)C(=O)[O-]. The van der Waals surface area contributed by atoms with Crippen LogP contribution >= 0.6 is 0 Å². The molecule has 0 fully saturated rings. The standard InChI is InChI=1S/C65H123NO8/c1-6-8-10-12-14-16-18-20-22-24-26-28-30-32-34-36-38-40-42-44-46-48-50-52-54-56-63(68)74-61(60-73-65(64(69)70)71-58-57-66(3,4)5)59-72-62(67)55-53-51-49-47-45-43-41-39-37-35-33-31-29-27-25-23-21-19-17-15-13-11-9-7-2/h18,20,24,26,61,65H,6-17,19,21-23,25,27-60H2,1-5H3/b20-18-,26-24-. The molecule has 0 heterocycles. The molecule has 9 nitrogen and oxygen atoms in total. The number of hydrogen-bond donors (Lipinski definition) is 0. The van der Waals surface area contributed by atoms with E-state index in [4.69, 9.17) is 18.9 Å². The molecule has 0 bridgehead atoms. The second kappa shape index (κ2) is 57.0. The Morgan fingerprint density at radius 3 is 1.07 bits per heavy atom. The van der Waals surface area contributed by atoms with E-state index < -0.39 is 24.3 Å². The Balaban J connectivity index is 4.14. The van der Waals surface area contributed by atoms with Crippen molar-refractivity contribution in [2.24, 2.45) is 0 Å². The summed E-state index contributed by atoms with van der Waals surface area (Å²) in [6.45, 7) is 4.80. The lowest BCUT2D eigenvalue weighted by molar-refractivity contribution is -0.870. The van der Waals surface area contributed by atoms with E-state index in [9.17, 15) is 19.5 Å². The van der Waals surface area contributed by atoms with E-state index in [0.29, 0.717) is 23.9 Å². The van der Waals surface area contributed by atoms with E-state index in [-0.39, 0.29) is 32.2 Å². The Morgan fingerprint density at radius 1 is 0.405 bits per heavy atom. The number of esters is 2. The summed E-state index contributed by atoms with van der Waals surface area (Å²) in [4.78, 5) is 37.4. The number of carboxylic acid groups (broad SMARTS) is 1. The molecule has 0 radical (unpaired) electrons. The molecule has 0 saturated carbocycles. The van der Waals surface area contributed by atoms with Crippen LogP contribution in [0.15, 0.2) is 24.3 Å². The molecule has 0 aromatic carbocycles. The number of aliphatic carboxylic acids is 1. The van der Waals surface area contributed by atoms with Gasteiger partial charge in [0.25, 0.3) is 0 Å². The summed E-state index contributed by atoms with van der Waals surface area (Å²) in [5.74, 6) is -2.26. The molecule has 0 N–H and O–H groups in total. The van der Waals surface area contributed by atoms with Gasteiger partial charge in [-0.1, -0.05) is 282 Å². The Labute approximate surface area is 458 Å². The smallest absolute Gasteiger partial charge is 0.306 e. The fraction of sp³-hybridized carbons (Fsp3) is 0.892. The average Bonchev–Trinajstić information content (AvgIpc) is 3.37. The number of nitrogens with zero attached hydrogens (tertiary/aromatic N) is 1. The van der Waals surface area contributed by atoms with Gasteiger partial charge in [-0.3, -0.25) is 9.59 Å². The van der Waals surface area contributed by atoms with Gasteiger partial charge in [-0.05, 0) is 44.9 Å². The molecule has 436 valence electrons. The van der Waals surface area contributed by atoms with Gasteiger partial charge < -0.3 is 33.3 Å². The van der Waals surface area contributed by atoms with Gasteiger partial charge in [0.05, 0.1) is 40.3 Å². The molecule has 0 aliphatic heterocycles. The minimum absolute atomic E-state index is 0.151. The summed E-state index contributed by atoms with van der Waals surface area (Å²) in [5.41, 5.74) is 0. The number of ether oxygens (including phenoxy) is 4. The van der Waals surface area contributed by atoms with Gasteiger partial charge in [0.1, 0.15) is 13.2 Å². The van der Waals surface area contributed by atoms with Crippen molar-refractivity contribution >= 4 is 17.9 Å². The number of hydrogen-bond acceptors (Lipinski definition) is 8. The maximum atomic E-state index is 12.9. The van der Waals surface area contributed by atoms with Crippen molar-refractivity contribution < 1.29 is 42.9 Å². The predicted molar refractivity (Wildman–Crippen MR) is 311 cm³/mol. The van der Waals surface area contributed by atoms with Crippen LogP contribution in [0.4, 0.5) is 0 Å². The number of carboxylic acids is 1. The van der Waals surface area contributed by atoms with Gasteiger partial charge in [0.2, 0.25) is 0 Å². The molecular weight excluding hydrogens is 923 g/mol. The van der Waals surface area contributed by atoms with Crippen LogP contribution in [0.2, 0.25) is 0 Å². The van der Waals surface area contributed by atoms with Crippen molar-refractivity contribution in [3.63, 3.8) is 0 Å². The lowest BCUT2D eigenvalue weighted by Crippen LogP contribution is -2.44. The first-order valence-electron chi connectivity index (χ1n) is 32.0. The van der Waals surface area contributed by atoms with E-state index >= 15 is 0 Å². The molecule has 0 aliphatic rings. The second-order valence-electron chi connectivity index (χ2n) is 23.1. The molecule has 0 aromatic rings. The van der Waals surface area contributed by atoms with E-state index in [0.717, 1.165) is 38.5 Å². The summed E-state index contributed by atoms with van der Waals surface area (Å²) in [5, 5.41) is 11.8. The average molecular weight is 1050 g/mol. The number of unbranched alkanes of at least 4 members (excludes halogenated alkanes) is 41. The summed E-state index contributed by atoms with van der Waals surface area (Å²) >= 11 is 0. The molecule has 0 rings (SSSR count). The highest BCUT2D eigenvalue weighted by Gasteiger charge is 2.22. The van der Waals surface area contributed by atoms with Crippen LogP contribution in [-0.4, -0.2) is 82.3 Å². The van der Waals surface area contributed by atoms with Gasteiger partial charge >= 0.3 is 11.9 Å². The van der Waals surface area contributed by atoms with Crippen LogP contribution in [0.1, 0.15) is 316 Å². The van der Waals surface area contributed by atoms with Gasteiger partial charge in [0, 0.05) is 12.8 Å². The fourth-order valence-electron chi connectivity index (χ4n) is 9.51. The van der Waals surface area contributed by atoms with Crippen LogP contribution in [0.5, 0.6) is 0 Å². The summed E-state index contributed by atoms with van der Waals surface area (Å²) in [6.07, 6.45) is 65.2. The Kier molecular flexibility index (Phi) is 55.2. The lowest BCUT2D eigenvalue weighted by Gasteiger charge is -2.26. The first-order valence-corrected chi connectivity index (χ1v) is 32.0. The maximum absolute atomic E-state index is 12.9. The predicted octanol–water partition coefficient (Wildman–Crippen LogP) is 17.7. The molecular formula is C65H123NO8. The first-order chi connectivity index (χ1) is 36.1. The maximum Gasteiger partial charge on any atom is 0.306 e. The topological polar surface area (TPSA) is 111 Å². The van der Waals surface area contributed by atoms with Crippen LogP contribution < -0.4 is 5.11 Å². The molecule has 74 heavy (non-hydrogen) atoms. The highest BCUT2D eigenvalue weighted by atomic mass is 16.7. The molecule has 0 aliphatic carbocycles. The molecule has 0 aromatic heterocycles. The normalized spacial score (nSPS) is 12.8. The zero-order chi connectivity index (χ0) is 54.1. The number of carbonyl (C=O) groups is 3. The monoisotopic (exact) mass is 1050 g/mol. The minimum Gasteiger partial charge on any atom is -0.545 e. The van der Waals surface area contributed by atoms with Crippen molar-refractivity contribution in [3.05, 3.63) is 24.3 Å². The van der Waals surface area contributed by atoms with E-state index in [1.807, 2.05) is 21.1 Å². The quantitative estimate of drug-likeness (QED) is 0.0195. The molecule has 0 saturated heterocycles. The van der Waals surface area contributed by atoms with Crippen LogP contribution in [0, 0.1) is 0 Å². The Hall–Kier alpha value is -2.23. The number of allylic oxidation sites excluding steroid dienone is 4. The minimum atomic E-state index is -1.62. The summed E-state index contributed by atoms with van der Waals surface area (Å²) < 4.78 is 22.8. The molecule has 2 unspecified atom stereocenters. The van der Waals surface area contributed by atoms with Crippen LogP contribution in [-0.2, 0) is 33.3 Å². The van der Waals surface area contributed by atoms with Gasteiger partial charge in [0.15, 0.2) is 12.4 Å². The molecule has 0 amide bonds. The van der Waals surface area contributed by atoms with Crippen molar-refractivity contribution in [3.8, 4) is 0 Å².